The lowest BCUT2D eigenvalue weighted by atomic mass is 10.0. The number of imidazole rings is 1. The maximum absolute atomic E-state index is 12.8. The molecule has 11 nitrogen and oxygen atoms in total. The summed E-state index contributed by atoms with van der Waals surface area (Å²) in [6.45, 7) is 0.949. The number of ether oxygens (including phenoxy) is 2. The molecule has 4 N–H and O–H groups in total. The highest BCUT2D eigenvalue weighted by Gasteiger charge is 2.29. The van der Waals surface area contributed by atoms with Crippen molar-refractivity contribution in [1.29, 1.82) is 0 Å². The van der Waals surface area contributed by atoms with E-state index in [1.54, 1.807) is 25.2 Å². The number of Topliss-reactive ketones (excluding diaryl/α,β-unsaturated/α-hetero) is 1. The Bertz CT molecular complexity index is 1260. The number of H-pyrrole nitrogens is 1. The first-order valence-electron chi connectivity index (χ1n) is 10.8. The van der Waals surface area contributed by atoms with Crippen LogP contribution in [-0.4, -0.2) is 64.1 Å². The van der Waals surface area contributed by atoms with Crippen molar-refractivity contribution in [3.63, 3.8) is 0 Å². The Morgan fingerprint density at radius 2 is 2.03 bits per heavy atom. The molecule has 176 valence electrons. The minimum Gasteiger partial charge on any atom is -0.481 e. The van der Waals surface area contributed by atoms with Gasteiger partial charge in [-0.1, -0.05) is 0 Å². The number of carbonyl (C=O) groups excluding carboxylic acids is 2. The number of carboxylic acids is 1. The number of aromatic nitrogens is 2. The largest absolute Gasteiger partial charge is 0.481 e. The zero-order valence-corrected chi connectivity index (χ0v) is 18.4. The number of rotatable bonds is 7. The SMILES string of the molecule is CN1Cc2cc(C(=O)CNCc3nc4cc5c(cc4[nH]3)OCO5)ccc2NC(CC(=O)O)C1=O. The van der Waals surface area contributed by atoms with Crippen LogP contribution in [0.4, 0.5) is 5.69 Å². The van der Waals surface area contributed by atoms with E-state index in [1.807, 2.05) is 12.1 Å². The molecule has 0 radical (unpaired) electrons. The highest BCUT2D eigenvalue weighted by molar-refractivity contribution is 5.98. The van der Waals surface area contributed by atoms with E-state index in [1.165, 1.54) is 4.90 Å². The van der Waals surface area contributed by atoms with Gasteiger partial charge in [0.05, 0.1) is 30.5 Å². The van der Waals surface area contributed by atoms with Crippen molar-refractivity contribution in [3.8, 4) is 11.5 Å². The van der Waals surface area contributed by atoms with Gasteiger partial charge < -0.3 is 35.1 Å². The maximum atomic E-state index is 12.8. The van der Waals surface area contributed by atoms with Crippen LogP contribution in [-0.2, 0) is 22.7 Å². The van der Waals surface area contributed by atoms with E-state index in [0.29, 0.717) is 35.1 Å². The lowest BCUT2D eigenvalue weighted by molar-refractivity contribution is -0.141. The zero-order chi connectivity index (χ0) is 23.8. The van der Waals surface area contributed by atoms with Gasteiger partial charge in [-0.15, -0.1) is 0 Å². The number of aromatic amines is 1. The van der Waals surface area contributed by atoms with E-state index in [0.717, 1.165) is 16.6 Å². The van der Waals surface area contributed by atoms with E-state index < -0.39 is 12.0 Å². The lowest BCUT2D eigenvalue weighted by Gasteiger charge is -2.19. The van der Waals surface area contributed by atoms with Crippen LogP contribution in [0.2, 0.25) is 0 Å². The molecule has 34 heavy (non-hydrogen) atoms. The molecule has 1 unspecified atom stereocenters. The summed E-state index contributed by atoms with van der Waals surface area (Å²) in [6.07, 6.45) is -0.322. The minimum absolute atomic E-state index is 0.0996. The van der Waals surface area contributed by atoms with Crippen LogP contribution in [0.5, 0.6) is 11.5 Å². The normalized spacial score (nSPS) is 16.8. The first kappa shape index (κ1) is 21.7. The lowest BCUT2D eigenvalue weighted by Crippen LogP contribution is -2.39. The van der Waals surface area contributed by atoms with E-state index in [9.17, 15) is 14.4 Å². The number of nitrogens with zero attached hydrogens (tertiary/aromatic N) is 2. The molecule has 11 heteroatoms. The molecule has 0 aliphatic carbocycles. The third-order valence-electron chi connectivity index (χ3n) is 5.82. The third kappa shape index (κ3) is 4.25. The number of amides is 1. The number of hydrogen-bond donors (Lipinski definition) is 4. The van der Waals surface area contributed by atoms with Crippen LogP contribution >= 0.6 is 0 Å². The van der Waals surface area contributed by atoms with Gasteiger partial charge in [-0.25, -0.2) is 4.98 Å². The van der Waals surface area contributed by atoms with E-state index in [-0.39, 0.29) is 38.0 Å². The van der Waals surface area contributed by atoms with Crippen LogP contribution in [0.25, 0.3) is 11.0 Å². The van der Waals surface area contributed by atoms with E-state index in [2.05, 4.69) is 20.6 Å². The fourth-order valence-electron chi connectivity index (χ4n) is 4.13. The third-order valence-corrected chi connectivity index (χ3v) is 5.82. The molecular weight excluding hydrogens is 442 g/mol. The number of hydrogen-bond acceptors (Lipinski definition) is 8. The maximum Gasteiger partial charge on any atom is 0.305 e. The number of benzene rings is 2. The van der Waals surface area contributed by atoms with Crippen molar-refractivity contribution in [3.05, 3.63) is 47.3 Å². The van der Waals surface area contributed by atoms with Crippen LogP contribution in [0, 0.1) is 0 Å². The van der Waals surface area contributed by atoms with Crippen molar-refractivity contribution < 1.29 is 29.0 Å². The predicted molar refractivity (Wildman–Crippen MR) is 121 cm³/mol. The van der Waals surface area contributed by atoms with Crippen molar-refractivity contribution in [1.82, 2.24) is 20.2 Å². The molecule has 5 rings (SSSR count). The quantitative estimate of drug-likeness (QED) is 0.381. The van der Waals surface area contributed by atoms with Gasteiger partial charge in [-0.2, -0.15) is 0 Å². The second-order valence-corrected chi connectivity index (χ2v) is 8.29. The van der Waals surface area contributed by atoms with Gasteiger partial charge in [0.25, 0.3) is 0 Å². The standard InChI is InChI=1S/C23H23N5O6/c1-28-10-13-4-12(2-3-14(13)25-17(23(28)32)7-22(30)31)18(29)8-24-9-21-26-15-5-19-20(34-11-33-19)6-16(15)27-21/h2-6,17,24-25H,7-11H2,1H3,(H,26,27)(H,30,31). The van der Waals surface area contributed by atoms with Gasteiger partial charge >= 0.3 is 5.97 Å². The number of ketones is 1. The molecule has 3 aromatic rings. The zero-order valence-electron chi connectivity index (χ0n) is 18.4. The molecule has 2 aromatic carbocycles. The molecule has 3 heterocycles. The number of anilines is 1. The van der Waals surface area contributed by atoms with Gasteiger partial charge in [-0.05, 0) is 23.8 Å². The van der Waals surface area contributed by atoms with Crippen LogP contribution in [0.1, 0.15) is 28.2 Å². The Kier molecular flexibility index (Phi) is 5.54. The summed E-state index contributed by atoms with van der Waals surface area (Å²) < 4.78 is 10.7. The first-order valence-corrected chi connectivity index (χ1v) is 10.8. The molecule has 1 amide bonds. The highest BCUT2D eigenvalue weighted by Crippen LogP contribution is 2.35. The molecule has 0 bridgehead atoms. The summed E-state index contributed by atoms with van der Waals surface area (Å²) in [5.74, 6) is 0.540. The van der Waals surface area contributed by atoms with Crippen LogP contribution in [0.3, 0.4) is 0 Å². The van der Waals surface area contributed by atoms with Gasteiger partial charge in [0.1, 0.15) is 11.9 Å². The Morgan fingerprint density at radius 3 is 2.82 bits per heavy atom. The van der Waals surface area contributed by atoms with Gasteiger partial charge in [0, 0.05) is 37.0 Å². The smallest absolute Gasteiger partial charge is 0.305 e. The fourth-order valence-corrected chi connectivity index (χ4v) is 4.13. The van der Waals surface area contributed by atoms with Crippen molar-refractivity contribution in [2.45, 2.75) is 25.6 Å². The molecule has 0 fully saturated rings. The summed E-state index contributed by atoms with van der Waals surface area (Å²) in [4.78, 5) is 45.5. The molecular formula is C23H23N5O6. The number of carboxylic acid groups (broad SMARTS) is 1. The minimum atomic E-state index is -1.06. The molecule has 2 aliphatic heterocycles. The van der Waals surface area contributed by atoms with E-state index in [4.69, 9.17) is 14.6 Å². The number of carbonyl (C=O) groups is 3. The number of nitrogens with one attached hydrogen (secondary N) is 3. The topological polar surface area (TPSA) is 146 Å². The molecule has 0 saturated carbocycles. The number of aliphatic carboxylic acids is 1. The summed E-state index contributed by atoms with van der Waals surface area (Å²) in [5, 5.41) is 15.2. The highest BCUT2D eigenvalue weighted by atomic mass is 16.7. The number of fused-ring (bicyclic) bond motifs is 3. The average molecular weight is 465 g/mol. The predicted octanol–water partition coefficient (Wildman–Crippen LogP) is 1.49. The summed E-state index contributed by atoms with van der Waals surface area (Å²) in [7, 11) is 1.62. The average Bonchev–Trinajstić information content (AvgIpc) is 3.39. The monoisotopic (exact) mass is 465 g/mol. The van der Waals surface area contributed by atoms with Gasteiger partial charge in [0.2, 0.25) is 12.7 Å². The molecule has 2 aliphatic rings. The van der Waals surface area contributed by atoms with Gasteiger partial charge in [-0.3, -0.25) is 14.4 Å². The Labute approximate surface area is 194 Å². The molecule has 0 saturated heterocycles. The second-order valence-electron chi connectivity index (χ2n) is 8.29. The molecule has 1 atom stereocenters. The first-order chi connectivity index (χ1) is 16.4. The second kappa shape index (κ2) is 8.67. The number of likely N-dealkylation sites (N-methyl/N-ethyl adjacent to an activating group) is 1. The van der Waals surface area contributed by atoms with Crippen LogP contribution in [0.15, 0.2) is 30.3 Å². The summed E-state index contributed by atoms with van der Waals surface area (Å²) >= 11 is 0. The summed E-state index contributed by atoms with van der Waals surface area (Å²) in [5.41, 5.74) is 3.48. The van der Waals surface area contributed by atoms with Gasteiger partial charge in [0.15, 0.2) is 17.3 Å². The Balaban J connectivity index is 1.23. The fraction of sp³-hybridized carbons (Fsp3) is 0.304. The summed E-state index contributed by atoms with van der Waals surface area (Å²) in [6, 6.07) is 7.93. The molecule has 0 spiro atoms. The molecule has 1 aromatic heterocycles. The Hall–Kier alpha value is -4.12. The van der Waals surface area contributed by atoms with E-state index >= 15 is 0 Å². The Morgan fingerprint density at radius 1 is 1.24 bits per heavy atom. The van der Waals surface area contributed by atoms with Crippen molar-refractivity contribution in [2.24, 2.45) is 0 Å². The van der Waals surface area contributed by atoms with Crippen LogP contribution < -0.4 is 20.1 Å². The van der Waals surface area contributed by atoms with Crippen molar-refractivity contribution >= 4 is 34.4 Å². The van der Waals surface area contributed by atoms with Crippen molar-refractivity contribution in [2.75, 3.05) is 25.7 Å².